The van der Waals surface area contributed by atoms with Crippen LogP contribution in [0.4, 0.5) is 0 Å². The molecule has 0 saturated heterocycles. The Morgan fingerprint density at radius 2 is 1.50 bits per heavy atom. The summed E-state index contributed by atoms with van der Waals surface area (Å²) in [4.78, 5) is 0. The molecule has 0 radical (unpaired) electrons. The van der Waals surface area contributed by atoms with Crippen LogP contribution >= 0.6 is 0 Å². The van der Waals surface area contributed by atoms with E-state index in [-0.39, 0.29) is 5.60 Å². The third-order valence-corrected chi connectivity index (χ3v) is 5.63. The maximum absolute atomic E-state index is 6.18. The molecule has 2 aliphatic rings. The van der Waals surface area contributed by atoms with Crippen LogP contribution < -0.4 is 0 Å². The highest BCUT2D eigenvalue weighted by Gasteiger charge is 2.45. The van der Waals surface area contributed by atoms with Gasteiger partial charge in [0.05, 0.1) is 0 Å². The van der Waals surface area contributed by atoms with Crippen LogP contribution in [-0.4, -0.2) is 7.11 Å². The molecule has 0 saturated carbocycles. The van der Waals surface area contributed by atoms with E-state index in [0.29, 0.717) is 11.8 Å². The number of ether oxygens (including phenoxy) is 1. The van der Waals surface area contributed by atoms with Crippen LogP contribution in [0.15, 0.2) is 66.8 Å². The molecule has 2 aromatic rings. The van der Waals surface area contributed by atoms with Gasteiger partial charge in [0.1, 0.15) is 5.60 Å². The normalized spacial score (nSPS) is 28.0. The lowest BCUT2D eigenvalue weighted by molar-refractivity contribution is -0.0115. The molecule has 2 aliphatic carbocycles. The summed E-state index contributed by atoms with van der Waals surface area (Å²) >= 11 is 0. The van der Waals surface area contributed by atoms with Gasteiger partial charge in [-0.2, -0.15) is 0 Å². The minimum Gasteiger partial charge on any atom is -0.369 e. The fourth-order valence-corrected chi connectivity index (χ4v) is 4.18. The van der Waals surface area contributed by atoms with Gasteiger partial charge >= 0.3 is 0 Å². The van der Waals surface area contributed by atoms with Crippen molar-refractivity contribution in [3.63, 3.8) is 0 Å². The number of fused-ring (bicyclic) bond motifs is 2. The Labute approximate surface area is 144 Å². The Balaban J connectivity index is 1.86. The summed E-state index contributed by atoms with van der Waals surface area (Å²) in [6, 6.07) is 17.7. The highest BCUT2D eigenvalue weighted by molar-refractivity contribution is 5.73. The van der Waals surface area contributed by atoms with Gasteiger partial charge in [0.2, 0.25) is 0 Å². The predicted octanol–water partition coefficient (Wildman–Crippen LogP) is 5.43. The molecule has 1 heteroatoms. The molecule has 0 heterocycles. The summed E-state index contributed by atoms with van der Waals surface area (Å²) in [5.41, 5.74) is 6.16. The van der Waals surface area contributed by atoms with Gasteiger partial charge in [0.15, 0.2) is 0 Å². The monoisotopic (exact) mass is 316 g/mol. The molecular formula is C23H24O. The summed E-state index contributed by atoms with van der Waals surface area (Å²) in [5.74, 6) is 0.913. The van der Waals surface area contributed by atoms with E-state index in [9.17, 15) is 0 Å². The number of hydrogen-bond acceptors (Lipinski definition) is 1. The Hall–Kier alpha value is -2.12. The lowest BCUT2D eigenvalue weighted by Crippen LogP contribution is -2.37. The molecule has 3 unspecified atom stereocenters. The Morgan fingerprint density at radius 3 is 2.12 bits per heavy atom. The molecule has 0 spiro atoms. The summed E-state index contributed by atoms with van der Waals surface area (Å²) in [6.45, 7) is 4.26. The van der Waals surface area contributed by atoms with Crippen molar-refractivity contribution in [2.45, 2.75) is 25.9 Å². The second kappa shape index (κ2) is 5.75. The number of allylic oxidation sites excluding steroid dienone is 2. The molecule has 0 aromatic heterocycles. The molecule has 3 atom stereocenters. The van der Waals surface area contributed by atoms with Crippen LogP contribution in [0, 0.1) is 25.7 Å². The van der Waals surface area contributed by atoms with E-state index in [2.05, 4.69) is 80.6 Å². The van der Waals surface area contributed by atoms with E-state index in [4.69, 9.17) is 4.74 Å². The molecule has 122 valence electrons. The largest absolute Gasteiger partial charge is 0.369 e. The van der Waals surface area contributed by atoms with E-state index in [1.54, 1.807) is 0 Å². The Kier molecular flexibility index (Phi) is 3.69. The third-order valence-electron chi connectivity index (χ3n) is 5.63. The molecule has 0 amide bonds. The van der Waals surface area contributed by atoms with Crippen LogP contribution in [0.1, 0.15) is 28.7 Å². The summed E-state index contributed by atoms with van der Waals surface area (Å²) in [5, 5.41) is 0. The van der Waals surface area contributed by atoms with Crippen LogP contribution in [0.25, 0.3) is 5.57 Å². The van der Waals surface area contributed by atoms with Gasteiger partial charge in [0, 0.05) is 18.9 Å². The molecule has 4 rings (SSSR count). The second-order valence-corrected chi connectivity index (χ2v) is 7.16. The van der Waals surface area contributed by atoms with Crippen molar-refractivity contribution in [1.29, 1.82) is 0 Å². The van der Waals surface area contributed by atoms with E-state index in [1.807, 2.05) is 7.11 Å². The third kappa shape index (κ3) is 2.35. The average Bonchev–Trinajstić information content (AvgIpc) is 3.03. The summed E-state index contributed by atoms with van der Waals surface area (Å²) < 4.78 is 6.18. The lowest BCUT2D eigenvalue weighted by atomic mass is 9.71. The molecule has 1 nitrogen and oxygen atoms in total. The second-order valence-electron chi connectivity index (χ2n) is 7.16. The molecule has 2 aromatic carbocycles. The predicted molar refractivity (Wildman–Crippen MR) is 99.8 cm³/mol. The van der Waals surface area contributed by atoms with E-state index >= 15 is 0 Å². The molecule has 0 fully saturated rings. The number of rotatable bonds is 3. The first-order valence-electron chi connectivity index (χ1n) is 8.73. The van der Waals surface area contributed by atoms with Crippen LogP contribution in [0.5, 0.6) is 0 Å². The standard InChI is InChI=1S/C23H24O/c1-16-4-8-18(9-5-16)22-15-23(24-3,21-13-10-19(22)14-21)20-11-6-17(2)7-12-20/h4-13,15,19,21H,14H2,1-3H3. The van der Waals surface area contributed by atoms with Crippen LogP contribution in [0.3, 0.4) is 0 Å². The van der Waals surface area contributed by atoms with Gasteiger partial charge in [0.25, 0.3) is 0 Å². The maximum Gasteiger partial charge on any atom is 0.118 e. The van der Waals surface area contributed by atoms with Crippen molar-refractivity contribution in [2.24, 2.45) is 11.8 Å². The topological polar surface area (TPSA) is 9.23 Å². The molecule has 0 aliphatic heterocycles. The van der Waals surface area contributed by atoms with Crippen molar-refractivity contribution in [2.75, 3.05) is 7.11 Å². The van der Waals surface area contributed by atoms with Gasteiger partial charge in [-0.15, -0.1) is 0 Å². The summed E-state index contributed by atoms with van der Waals surface area (Å²) in [6.07, 6.45) is 8.22. The van der Waals surface area contributed by atoms with Gasteiger partial charge in [-0.25, -0.2) is 0 Å². The Bertz CT molecular complexity index is 795. The van der Waals surface area contributed by atoms with Crippen molar-refractivity contribution < 1.29 is 4.74 Å². The molecule has 24 heavy (non-hydrogen) atoms. The number of hydrogen-bond donors (Lipinski definition) is 0. The van der Waals surface area contributed by atoms with Crippen molar-refractivity contribution in [3.05, 3.63) is 89.0 Å². The SMILES string of the molecule is COC1(c2ccc(C)cc2)C=C(c2ccc(C)cc2)C2C=CC1C2. The fourth-order valence-electron chi connectivity index (χ4n) is 4.18. The first-order valence-corrected chi connectivity index (χ1v) is 8.73. The number of benzene rings is 2. The zero-order valence-electron chi connectivity index (χ0n) is 14.6. The minimum absolute atomic E-state index is 0.364. The smallest absolute Gasteiger partial charge is 0.118 e. The zero-order valence-corrected chi connectivity index (χ0v) is 14.6. The average molecular weight is 316 g/mol. The van der Waals surface area contributed by atoms with Gasteiger partial charge in [-0.05, 0) is 43.0 Å². The van der Waals surface area contributed by atoms with E-state index < -0.39 is 0 Å². The van der Waals surface area contributed by atoms with E-state index in [0.717, 1.165) is 6.42 Å². The number of aryl methyl sites for hydroxylation is 2. The fraction of sp³-hybridized carbons (Fsp3) is 0.304. The molecular weight excluding hydrogens is 292 g/mol. The van der Waals surface area contributed by atoms with Gasteiger partial charge < -0.3 is 4.74 Å². The van der Waals surface area contributed by atoms with Crippen molar-refractivity contribution in [1.82, 2.24) is 0 Å². The molecule has 2 bridgehead atoms. The highest BCUT2D eigenvalue weighted by atomic mass is 16.5. The van der Waals surface area contributed by atoms with Crippen molar-refractivity contribution in [3.8, 4) is 0 Å². The number of methoxy groups -OCH3 is 1. The van der Waals surface area contributed by atoms with E-state index in [1.165, 1.54) is 27.8 Å². The quantitative estimate of drug-likeness (QED) is 0.686. The Morgan fingerprint density at radius 1 is 0.875 bits per heavy atom. The van der Waals surface area contributed by atoms with Gasteiger partial charge in [-0.1, -0.05) is 71.8 Å². The lowest BCUT2D eigenvalue weighted by Gasteiger charge is -2.40. The van der Waals surface area contributed by atoms with Gasteiger partial charge in [-0.3, -0.25) is 0 Å². The van der Waals surface area contributed by atoms with Crippen molar-refractivity contribution >= 4 is 5.57 Å². The molecule has 0 N–H and O–H groups in total. The highest BCUT2D eigenvalue weighted by Crippen LogP contribution is 2.51. The first-order chi connectivity index (χ1) is 11.6. The zero-order chi connectivity index (χ0) is 16.7. The van der Waals surface area contributed by atoms with Crippen LogP contribution in [-0.2, 0) is 10.3 Å². The van der Waals surface area contributed by atoms with Crippen LogP contribution in [0.2, 0.25) is 0 Å². The minimum atomic E-state index is -0.364. The summed E-state index contributed by atoms with van der Waals surface area (Å²) in [7, 11) is 1.84. The first kappa shape index (κ1) is 15.4. The maximum atomic E-state index is 6.18.